The lowest BCUT2D eigenvalue weighted by Crippen LogP contribution is -1.94. The van der Waals surface area contributed by atoms with Crippen molar-refractivity contribution in [3.05, 3.63) is 22.4 Å². The van der Waals surface area contributed by atoms with Crippen molar-refractivity contribution in [1.82, 2.24) is 9.97 Å². The molecule has 1 unspecified atom stereocenters. The number of hydrogen-bond acceptors (Lipinski definition) is 3. The van der Waals surface area contributed by atoms with Gasteiger partial charge in [0.25, 0.3) is 0 Å². The second kappa shape index (κ2) is 2.53. The molecule has 2 aliphatic rings. The Morgan fingerprint density at radius 1 is 1.40 bits per heavy atom. The maximum absolute atomic E-state index is 6.14. The van der Waals surface area contributed by atoms with Gasteiger partial charge in [0.1, 0.15) is 15.8 Å². The third-order valence-electron chi connectivity index (χ3n) is 3.69. The summed E-state index contributed by atoms with van der Waals surface area (Å²) in [5.41, 5.74) is 0.605. The Morgan fingerprint density at radius 3 is 3.00 bits per heavy atom. The summed E-state index contributed by atoms with van der Waals surface area (Å²) < 4.78 is 0. The van der Waals surface area contributed by atoms with Gasteiger partial charge >= 0.3 is 0 Å². The number of hydrogen-bond donors (Lipinski definition) is 0. The second-order valence-corrected chi connectivity index (χ2v) is 5.88. The topological polar surface area (TPSA) is 25.8 Å². The van der Waals surface area contributed by atoms with E-state index in [1.165, 1.54) is 19.3 Å². The standard InChI is InChI=1S/C11H9ClN2S/c12-8-6-1-4-15-10(6)14-9(13-8)7-5-11(7)2-3-11/h1,4,7H,2-3,5H2. The van der Waals surface area contributed by atoms with Crippen LogP contribution in [0.3, 0.4) is 0 Å². The van der Waals surface area contributed by atoms with Crippen molar-refractivity contribution in [2.45, 2.75) is 25.2 Å². The maximum Gasteiger partial charge on any atom is 0.141 e. The normalized spacial score (nSPS) is 26.1. The monoisotopic (exact) mass is 236 g/mol. The zero-order chi connectivity index (χ0) is 10.0. The van der Waals surface area contributed by atoms with Crippen LogP contribution in [0.15, 0.2) is 11.4 Å². The average molecular weight is 237 g/mol. The fourth-order valence-electron chi connectivity index (χ4n) is 2.42. The molecule has 0 aromatic carbocycles. The summed E-state index contributed by atoms with van der Waals surface area (Å²) in [4.78, 5) is 10.1. The Balaban J connectivity index is 1.88. The van der Waals surface area contributed by atoms with Crippen LogP contribution in [-0.2, 0) is 0 Å². The first-order valence-corrected chi connectivity index (χ1v) is 6.45. The fraction of sp³-hybridized carbons (Fsp3) is 0.455. The maximum atomic E-state index is 6.14. The van der Waals surface area contributed by atoms with Crippen molar-refractivity contribution >= 4 is 33.2 Å². The third-order valence-corrected chi connectivity index (χ3v) is 4.78. The first kappa shape index (κ1) is 8.48. The quantitative estimate of drug-likeness (QED) is 0.707. The number of rotatable bonds is 1. The van der Waals surface area contributed by atoms with Crippen LogP contribution >= 0.6 is 22.9 Å². The van der Waals surface area contributed by atoms with Gasteiger partial charge in [0.15, 0.2) is 0 Å². The molecule has 2 aliphatic carbocycles. The van der Waals surface area contributed by atoms with Crippen molar-refractivity contribution in [1.29, 1.82) is 0 Å². The number of halogens is 1. The van der Waals surface area contributed by atoms with E-state index in [2.05, 4.69) is 9.97 Å². The van der Waals surface area contributed by atoms with Crippen LogP contribution in [-0.4, -0.2) is 9.97 Å². The number of nitrogens with zero attached hydrogens (tertiary/aromatic N) is 2. The van der Waals surface area contributed by atoms with Gasteiger partial charge in [-0.3, -0.25) is 0 Å². The van der Waals surface area contributed by atoms with Crippen molar-refractivity contribution in [2.24, 2.45) is 5.41 Å². The van der Waals surface area contributed by atoms with E-state index in [9.17, 15) is 0 Å². The zero-order valence-electron chi connectivity index (χ0n) is 8.03. The van der Waals surface area contributed by atoms with Gasteiger partial charge in [0.05, 0.1) is 0 Å². The molecule has 2 nitrogen and oxygen atoms in total. The Kier molecular flexibility index (Phi) is 1.43. The third kappa shape index (κ3) is 1.11. The molecule has 2 aromatic heterocycles. The molecular formula is C11H9ClN2S. The Hall–Kier alpha value is -0.670. The highest BCUT2D eigenvalue weighted by Crippen LogP contribution is 2.74. The van der Waals surface area contributed by atoms with Crippen molar-refractivity contribution in [3.63, 3.8) is 0 Å². The van der Waals surface area contributed by atoms with Crippen LogP contribution in [0.2, 0.25) is 5.15 Å². The molecule has 1 spiro atoms. The summed E-state index contributed by atoms with van der Waals surface area (Å²) in [5, 5.41) is 3.64. The molecule has 15 heavy (non-hydrogen) atoms. The minimum atomic E-state index is 0.599. The first-order chi connectivity index (χ1) is 7.28. The summed E-state index contributed by atoms with van der Waals surface area (Å²) in [6, 6.07) is 1.99. The lowest BCUT2D eigenvalue weighted by molar-refractivity contribution is 0.798. The van der Waals surface area contributed by atoms with Gasteiger partial charge in [-0.05, 0) is 36.1 Å². The van der Waals surface area contributed by atoms with Gasteiger partial charge in [-0.25, -0.2) is 9.97 Å². The number of aromatic nitrogens is 2. The molecule has 0 saturated heterocycles. The minimum absolute atomic E-state index is 0.599. The van der Waals surface area contributed by atoms with E-state index < -0.39 is 0 Å². The van der Waals surface area contributed by atoms with E-state index in [0.29, 0.717) is 16.5 Å². The van der Waals surface area contributed by atoms with Gasteiger partial charge in [-0.15, -0.1) is 11.3 Å². The van der Waals surface area contributed by atoms with Crippen LogP contribution < -0.4 is 0 Å². The highest BCUT2D eigenvalue weighted by Gasteiger charge is 2.64. The van der Waals surface area contributed by atoms with Gasteiger partial charge in [-0.1, -0.05) is 11.6 Å². The zero-order valence-corrected chi connectivity index (χ0v) is 9.61. The van der Waals surface area contributed by atoms with E-state index in [0.717, 1.165) is 16.0 Å². The molecule has 76 valence electrons. The molecule has 1 atom stereocenters. The molecule has 0 N–H and O–H groups in total. The van der Waals surface area contributed by atoms with Gasteiger partial charge in [0, 0.05) is 11.3 Å². The van der Waals surface area contributed by atoms with Crippen molar-refractivity contribution in [2.75, 3.05) is 0 Å². The molecule has 0 amide bonds. The highest BCUT2D eigenvalue weighted by molar-refractivity contribution is 7.16. The summed E-state index contributed by atoms with van der Waals surface area (Å²) in [6.07, 6.45) is 4.00. The fourth-order valence-corrected chi connectivity index (χ4v) is 3.48. The molecule has 2 heterocycles. The number of fused-ring (bicyclic) bond motifs is 1. The van der Waals surface area contributed by atoms with Gasteiger partial charge < -0.3 is 0 Å². The highest BCUT2D eigenvalue weighted by atomic mass is 35.5. The predicted octanol–water partition coefficient (Wildman–Crippen LogP) is 3.61. The summed E-state index contributed by atoms with van der Waals surface area (Å²) in [5.74, 6) is 1.58. The van der Waals surface area contributed by atoms with Crippen LogP contribution in [0.5, 0.6) is 0 Å². The van der Waals surface area contributed by atoms with Crippen LogP contribution in [0.4, 0.5) is 0 Å². The molecule has 0 radical (unpaired) electrons. The molecule has 4 rings (SSSR count). The van der Waals surface area contributed by atoms with Crippen LogP contribution in [0.1, 0.15) is 31.0 Å². The van der Waals surface area contributed by atoms with E-state index in [1.807, 2.05) is 11.4 Å². The Morgan fingerprint density at radius 2 is 2.27 bits per heavy atom. The van der Waals surface area contributed by atoms with Crippen molar-refractivity contribution in [3.8, 4) is 0 Å². The molecule has 2 fully saturated rings. The molecule has 0 aliphatic heterocycles. The van der Waals surface area contributed by atoms with Crippen LogP contribution in [0, 0.1) is 5.41 Å². The van der Waals surface area contributed by atoms with E-state index in [4.69, 9.17) is 11.6 Å². The average Bonchev–Trinajstić information content (AvgIpc) is 3.10. The summed E-state index contributed by atoms with van der Waals surface area (Å²) in [7, 11) is 0. The molecule has 4 heteroatoms. The molecule has 2 aromatic rings. The Labute approximate surface area is 96.3 Å². The summed E-state index contributed by atoms with van der Waals surface area (Å²) in [6.45, 7) is 0. The van der Waals surface area contributed by atoms with E-state index >= 15 is 0 Å². The van der Waals surface area contributed by atoms with Gasteiger partial charge in [-0.2, -0.15) is 0 Å². The number of thiophene rings is 1. The second-order valence-electron chi connectivity index (χ2n) is 4.63. The largest absolute Gasteiger partial charge is 0.222 e. The SMILES string of the molecule is Clc1nc(C2CC23CC3)nc2sccc12. The molecular weight excluding hydrogens is 228 g/mol. The molecule has 0 bridgehead atoms. The first-order valence-electron chi connectivity index (χ1n) is 5.19. The van der Waals surface area contributed by atoms with Gasteiger partial charge in [0.2, 0.25) is 0 Å². The van der Waals surface area contributed by atoms with Crippen LogP contribution in [0.25, 0.3) is 10.2 Å². The minimum Gasteiger partial charge on any atom is -0.222 e. The molecule has 2 saturated carbocycles. The predicted molar refractivity (Wildman–Crippen MR) is 61.5 cm³/mol. The van der Waals surface area contributed by atoms with E-state index in [1.54, 1.807) is 11.3 Å². The lowest BCUT2D eigenvalue weighted by atomic mass is 10.3. The lowest BCUT2D eigenvalue weighted by Gasteiger charge is -1.99. The smallest absolute Gasteiger partial charge is 0.141 e. The Bertz CT molecular complexity index is 559. The summed E-state index contributed by atoms with van der Waals surface area (Å²) >= 11 is 7.79. The van der Waals surface area contributed by atoms with E-state index in [-0.39, 0.29) is 0 Å². The van der Waals surface area contributed by atoms with Crippen molar-refractivity contribution < 1.29 is 0 Å².